The summed E-state index contributed by atoms with van der Waals surface area (Å²) < 4.78 is 37.3. The summed E-state index contributed by atoms with van der Waals surface area (Å²) in [4.78, 5) is 31.4. The zero-order valence-corrected chi connectivity index (χ0v) is 20.3. The normalized spacial score (nSPS) is 15.4. The fraction of sp³-hybridized carbons (Fsp3) is 0.391. The lowest BCUT2D eigenvalue weighted by Crippen LogP contribution is -2.50. The molecule has 184 valence electrons. The number of nitrogens with one attached hydrogen (secondary N) is 1. The molecule has 0 unspecified atom stereocenters. The molecule has 1 heterocycles. The summed E-state index contributed by atoms with van der Waals surface area (Å²) in [5, 5.41) is 10.5. The van der Waals surface area contributed by atoms with E-state index >= 15 is 0 Å². The molecule has 2 amide bonds. The lowest BCUT2D eigenvalue weighted by atomic mass is 9.99. The van der Waals surface area contributed by atoms with Crippen LogP contribution in [0.15, 0.2) is 36.4 Å². The summed E-state index contributed by atoms with van der Waals surface area (Å²) in [6.45, 7) is 1.80. The number of nitrogens with zero attached hydrogens (tertiary/aromatic N) is 2. The highest BCUT2D eigenvalue weighted by Gasteiger charge is 2.44. The van der Waals surface area contributed by atoms with Crippen molar-refractivity contribution in [1.82, 2.24) is 15.4 Å². The molecule has 1 aliphatic rings. The lowest BCUT2D eigenvalue weighted by Gasteiger charge is -2.27. The zero-order valence-electron chi connectivity index (χ0n) is 19.5. The second-order valence-electron chi connectivity index (χ2n) is 8.58. The molecule has 1 atom stereocenters. The van der Waals surface area contributed by atoms with Gasteiger partial charge in [-0.1, -0.05) is 18.2 Å². The predicted octanol–water partition coefficient (Wildman–Crippen LogP) is 2.14. The maximum atomic E-state index is 14.8. The maximum absolute atomic E-state index is 14.8. The molecule has 0 saturated heterocycles. The molecule has 1 aliphatic heterocycles. The highest BCUT2D eigenvalue weighted by Crippen LogP contribution is 2.31. The molecule has 0 saturated carbocycles. The van der Waals surface area contributed by atoms with Crippen LogP contribution < -0.4 is 5.48 Å². The number of hydrogen-bond donors (Lipinski definition) is 2. The monoisotopic (exact) mass is 493 g/mol. The summed E-state index contributed by atoms with van der Waals surface area (Å²) in [5.41, 5.74) is 4.26. The van der Waals surface area contributed by atoms with Gasteiger partial charge in [0.1, 0.15) is 5.82 Å². The third kappa shape index (κ3) is 4.97. The van der Waals surface area contributed by atoms with Crippen LogP contribution in [-0.4, -0.2) is 67.1 Å². The molecule has 3 rings (SSSR count). The standard InChI is InChI=1S/C23H28FN3O6S/c1-23(22(29)25-30,34(4,31)32)9-10-27-14-17-12-16(6-8-19(17)21(27)28)18-7-5-15(11-20(18)24)13-26(2)33-3/h5-8,11-12,30H,9-10,13-14H2,1-4H3,(H,25,29)/t23-/m1/s1. The zero-order chi connectivity index (χ0) is 25.3. The minimum atomic E-state index is -3.88. The Labute approximate surface area is 197 Å². The van der Waals surface area contributed by atoms with Crippen LogP contribution in [0.5, 0.6) is 0 Å². The minimum absolute atomic E-state index is 0.0179. The molecule has 9 nitrogen and oxygen atoms in total. The van der Waals surface area contributed by atoms with Crippen LogP contribution in [0.2, 0.25) is 0 Å². The largest absolute Gasteiger partial charge is 0.334 e. The number of carbonyl (C=O) groups is 2. The van der Waals surface area contributed by atoms with E-state index in [0.29, 0.717) is 28.8 Å². The number of fused-ring (bicyclic) bond motifs is 1. The Hall–Kier alpha value is -2.86. The Bertz CT molecular complexity index is 1220. The Balaban J connectivity index is 1.79. The SMILES string of the molecule is CON(C)Cc1ccc(-c2ccc3c(c2)CN(CC[C@](C)(C(=O)NO)S(C)(=O)=O)C3=O)c(F)c1. The van der Waals surface area contributed by atoms with E-state index in [-0.39, 0.29) is 25.4 Å². The first-order valence-corrected chi connectivity index (χ1v) is 12.4. The number of benzene rings is 2. The molecule has 2 N–H and O–H groups in total. The highest BCUT2D eigenvalue weighted by molar-refractivity contribution is 7.92. The number of rotatable bonds is 9. The van der Waals surface area contributed by atoms with Gasteiger partial charge in [0.25, 0.3) is 11.8 Å². The maximum Gasteiger partial charge on any atom is 0.264 e. The third-order valence-electron chi connectivity index (χ3n) is 6.30. The molecule has 2 aromatic carbocycles. The number of hydrogen-bond acceptors (Lipinski definition) is 7. The number of sulfone groups is 1. The first-order valence-electron chi connectivity index (χ1n) is 10.5. The van der Waals surface area contributed by atoms with E-state index in [4.69, 9.17) is 10.0 Å². The smallest absolute Gasteiger partial charge is 0.264 e. The average molecular weight is 494 g/mol. The molecule has 0 bridgehead atoms. The van der Waals surface area contributed by atoms with Crippen molar-refractivity contribution in [2.45, 2.75) is 31.2 Å². The van der Waals surface area contributed by atoms with Gasteiger partial charge in [-0.2, -0.15) is 5.06 Å². The number of carbonyl (C=O) groups excluding carboxylic acids is 2. The fourth-order valence-electron chi connectivity index (χ4n) is 3.88. The van der Waals surface area contributed by atoms with E-state index < -0.39 is 26.3 Å². The molecule has 0 aliphatic carbocycles. The second kappa shape index (κ2) is 9.79. The molecule has 0 aromatic heterocycles. The van der Waals surface area contributed by atoms with E-state index in [1.807, 2.05) is 0 Å². The fourth-order valence-corrected chi connectivity index (χ4v) is 4.72. The van der Waals surface area contributed by atoms with Gasteiger partial charge in [0, 0.05) is 44.1 Å². The third-order valence-corrected chi connectivity index (χ3v) is 8.33. The molecule has 0 radical (unpaired) electrons. The topological polar surface area (TPSA) is 116 Å². The van der Waals surface area contributed by atoms with Crippen molar-refractivity contribution in [2.24, 2.45) is 0 Å². The van der Waals surface area contributed by atoms with Crippen LogP contribution in [0.1, 0.15) is 34.8 Å². The van der Waals surface area contributed by atoms with E-state index in [2.05, 4.69) is 0 Å². The van der Waals surface area contributed by atoms with Crippen molar-refractivity contribution in [2.75, 3.05) is 27.0 Å². The lowest BCUT2D eigenvalue weighted by molar-refractivity contribution is -0.131. The highest BCUT2D eigenvalue weighted by atomic mass is 32.2. The Morgan fingerprint density at radius 1 is 1.26 bits per heavy atom. The van der Waals surface area contributed by atoms with Crippen molar-refractivity contribution in [3.8, 4) is 11.1 Å². The molecule has 2 aromatic rings. The summed E-state index contributed by atoms with van der Waals surface area (Å²) >= 11 is 0. The number of halogens is 1. The average Bonchev–Trinajstić information content (AvgIpc) is 3.10. The van der Waals surface area contributed by atoms with Crippen LogP contribution >= 0.6 is 0 Å². The van der Waals surface area contributed by atoms with Gasteiger partial charge < -0.3 is 9.74 Å². The molecule has 0 spiro atoms. The van der Waals surface area contributed by atoms with E-state index in [9.17, 15) is 22.4 Å². The van der Waals surface area contributed by atoms with Crippen LogP contribution in [0.3, 0.4) is 0 Å². The van der Waals surface area contributed by atoms with Crippen LogP contribution in [0.25, 0.3) is 11.1 Å². The Morgan fingerprint density at radius 2 is 1.94 bits per heavy atom. The van der Waals surface area contributed by atoms with E-state index in [0.717, 1.165) is 11.8 Å². The first-order chi connectivity index (χ1) is 15.9. The van der Waals surface area contributed by atoms with Crippen LogP contribution in [-0.2, 0) is 32.6 Å². The van der Waals surface area contributed by atoms with Gasteiger partial charge >= 0.3 is 0 Å². The van der Waals surface area contributed by atoms with Gasteiger partial charge in [0.15, 0.2) is 14.6 Å². The van der Waals surface area contributed by atoms with E-state index in [1.54, 1.807) is 42.4 Å². The molecule has 11 heteroatoms. The quantitative estimate of drug-likeness (QED) is 0.406. The van der Waals surface area contributed by atoms with Crippen molar-refractivity contribution in [3.63, 3.8) is 0 Å². The molecule has 34 heavy (non-hydrogen) atoms. The molecule has 0 fully saturated rings. The summed E-state index contributed by atoms with van der Waals surface area (Å²) in [6.07, 6.45) is 0.707. The molecular formula is C23H28FN3O6S. The van der Waals surface area contributed by atoms with Crippen LogP contribution in [0.4, 0.5) is 4.39 Å². The summed E-state index contributed by atoms with van der Waals surface area (Å²) in [7, 11) is -0.605. The van der Waals surface area contributed by atoms with Gasteiger partial charge in [0.05, 0.1) is 7.11 Å². The van der Waals surface area contributed by atoms with Crippen LogP contribution in [0, 0.1) is 5.82 Å². The number of amides is 2. The van der Waals surface area contributed by atoms with Gasteiger partial charge in [-0.15, -0.1) is 0 Å². The van der Waals surface area contributed by atoms with Gasteiger partial charge in [0.2, 0.25) is 0 Å². The molecular weight excluding hydrogens is 465 g/mol. The van der Waals surface area contributed by atoms with Crippen molar-refractivity contribution in [1.29, 1.82) is 0 Å². The first kappa shape index (κ1) is 25.8. The van der Waals surface area contributed by atoms with Crippen molar-refractivity contribution >= 4 is 21.7 Å². The minimum Gasteiger partial charge on any atom is -0.334 e. The number of hydroxylamine groups is 3. The Morgan fingerprint density at radius 3 is 2.53 bits per heavy atom. The van der Waals surface area contributed by atoms with E-state index in [1.165, 1.54) is 30.5 Å². The van der Waals surface area contributed by atoms with Gasteiger partial charge in [-0.3, -0.25) is 14.8 Å². The van der Waals surface area contributed by atoms with Crippen molar-refractivity contribution < 1.29 is 32.4 Å². The van der Waals surface area contributed by atoms with Crippen molar-refractivity contribution in [3.05, 3.63) is 58.9 Å². The second-order valence-corrected chi connectivity index (χ2v) is 11.0. The van der Waals surface area contributed by atoms with Gasteiger partial charge in [-0.25, -0.2) is 18.3 Å². The predicted molar refractivity (Wildman–Crippen MR) is 123 cm³/mol. The van der Waals surface area contributed by atoms with Gasteiger partial charge in [-0.05, 0) is 48.2 Å². The summed E-state index contributed by atoms with van der Waals surface area (Å²) in [5.74, 6) is -1.76. The summed E-state index contributed by atoms with van der Waals surface area (Å²) in [6, 6.07) is 9.94. The Kier molecular flexibility index (Phi) is 7.41.